The van der Waals surface area contributed by atoms with Crippen LogP contribution in [0.25, 0.3) is 0 Å². The lowest BCUT2D eigenvalue weighted by Crippen LogP contribution is -2.23. The molecule has 0 heterocycles. The van der Waals surface area contributed by atoms with Crippen molar-refractivity contribution < 1.29 is 4.39 Å². The summed E-state index contributed by atoms with van der Waals surface area (Å²) in [6.45, 7) is 4.11. The monoisotopic (exact) mass is 271 g/mol. The van der Waals surface area contributed by atoms with E-state index in [4.69, 9.17) is 0 Å². The van der Waals surface area contributed by atoms with Gasteiger partial charge in [0, 0.05) is 12.5 Å². The Morgan fingerprint density at radius 2 is 1.70 bits per heavy atom. The highest BCUT2D eigenvalue weighted by atomic mass is 19.1. The maximum Gasteiger partial charge on any atom is 0.123 e. The predicted octanol–water partition coefficient (Wildman–Crippen LogP) is 4.15. The normalized spacial score (nSPS) is 12.3. The molecule has 0 aromatic heterocycles. The van der Waals surface area contributed by atoms with Gasteiger partial charge in [-0.3, -0.25) is 0 Å². The van der Waals surface area contributed by atoms with Crippen LogP contribution in [0.4, 0.5) is 4.39 Å². The van der Waals surface area contributed by atoms with Crippen molar-refractivity contribution in [2.45, 2.75) is 25.7 Å². The second-order valence-corrected chi connectivity index (χ2v) is 5.14. The smallest absolute Gasteiger partial charge is 0.123 e. The Hall–Kier alpha value is -1.67. The van der Waals surface area contributed by atoms with Gasteiger partial charge in [0.05, 0.1) is 0 Å². The molecule has 0 aliphatic carbocycles. The molecular weight excluding hydrogens is 249 g/mol. The van der Waals surface area contributed by atoms with Crippen molar-refractivity contribution >= 4 is 0 Å². The molecule has 0 amide bonds. The van der Waals surface area contributed by atoms with E-state index in [2.05, 4.69) is 36.5 Å². The van der Waals surface area contributed by atoms with E-state index in [0.717, 1.165) is 25.9 Å². The number of rotatable bonds is 7. The Morgan fingerprint density at radius 1 is 1.00 bits per heavy atom. The molecule has 0 fully saturated rings. The van der Waals surface area contributed by atoms with Crippen LogP contribution >= 0.6 is 0 Å². The van der Waals surface area contributed by atoms with E-state index in [1.165, 1.54) is 11.1 Å². The van der Waals surface area contributed by atoms with E-state index in [1.807, 2.05) is 18.2 Å². The van der Waals surface area contributed by atoms with Crippen LogP contribution in [0.2, 0.25) is 0 Å². The summed E-state index contributed by atoms with van der Waals surface area (Å²) >= 11 is 0. The van der Waals surface area contributed by atoms with Crippen LogP contribution in [0.5, 0.6) is 0 Å². The molecule has 0 saturated heterocycles. The topological polar surface area (TPSA) is 12.0 Å². The number of nitrogens with one attached hydrogen (secondary N) is 1. The van der Waals surface area contributed by atoms with Crippen LogP contribution in [0.1, 0.15) is 30.4 Å². The zero-order valence-corrected chi connectivity index (χ0v) is 12.0. The molecule has 20 heavy (non-hydrogen) atoms. The van der Waals surface area contributed by atoms with Crippen LogP contribution in [0, 0.1) is 5.82 Å². The van der Waals surface area contributed by atoms with Gasteiger partial charge in [0.25, 0.3) is 0 Å². The maximum atomic E-state index is 13.1. The van der Waals surface area contributed by atoms with Crippen molar-refractivity contribution in [2.75, 3.05) is 13.1 Å². The highest BCUT2D eigenvalue weighted by Gasteiger charge is 2.12. The minimum Gasteiger partial charge on any atom is -0.316 e. The van der Waals surface area contributed by atoms with Crippen LogP contribution in [-0.2, 0) is 6.42 Å². The lowest BCUT2D eigenvalue weighted by atomic mass is 9.92. The molecular formula is C18H22FN. The van der Waals surface area contributed by atoms with Crippen molar-refractivity contribution in [3.05, 3.63) is 71.5 Å². The molecule has 2 aromatic rings. The van der Waals surface area contributed by atoms with Gasteiger partial charge in [0.1, 0.15) is 5.82 Å². The third kappa shape index (κ3) is 4.46. The molecule has 1 atom stereocenters. The molecule has 1 unspecified atom stereocenters. The van der Waals surface area contributed by atoms with Gasteiger partial charge in [-0.2, -0.15) is 0 Å². The lowest BCUT2D eigenvalue weighted by molar-refractivity contribution is 0.574. The van der Waals surface area contributed by atoms with Crippen LogP contribution in [-0.4, -0.2) is 13.1 Å². The number of benzene rings is 2. The molecule has 1 N–H and O–H groups in total. The highest BCUT2D eigenvalue weighted by molar-refractivity contribution is 5.25. The second-order valence-electron chi connectivity index (χ2n) is 5.14. The van der Waals surface area contributed by atoms with E-state index in [1.54, 1.807) is 12.1 Å². The van der Waals surface area contributed by atoms with Crippen molar-refractivity contribution in [1.82, 2.24) is 5.32 Å². The van der Waals surface area contributed by atoms with Gasteiger partial charge in [-0.15, -0.1) is 0 Å². The van der Waals surface area contributed by atoms with Gasteiger partial charge < -0.3 is 5.32 Å². The van der Waals surface area contributed by atoms with Crippen LogP contribution < -0.4 is 5.32 Å². The summed E-state index contributed by atoms with van der Waals surface area (Å²) in [6.07, 6.45) is 2.10. The Labute approximate surface area is 120 Å². The average Bonchev–Trinajstić information content (AvgIpc) is 2.48. The van der Waals surface area contributed by atoms with Gasteiger partial charge >= 0.3 is 0 Å². The number of hydrogen-bond acceptors (Lipinski definition) is 1. The second kappa shape index (κ2) is 7.81. The minimum absolute atomic E-state index is 0.172. The Bertz CT molecular complexity index is 493. The number of hydrogen-bond donors (Lipinski definition) is 1. The summed E-state index contributed by atoms with van der Waals surface area (Å²) in [5.41, 5.74) is 2.51. The molecule has 0 saturated carbocycles. The third-order valence-corrected chi connectivity index (χ3v) is 3.48. The highest BCUT2D eigenvalue weighted by Crippen LogP contribution is 2.20. The molecule has 2 rings (SSSR count). The third-order valence-electron chi connectivity index (χ3n) is 3.48. The fraction of sp³-hybridized carbons (Fsp3) is 0.333. The van der Waals surface area contributed by atoms with Gasteiger partial charge in [-0.1, -0.05) is 49.4 Å². The van der Waals surface area contributed by atoms with Gasteiger partial charge in [0.2, 0.25) is 0 Å². The van der Waals surface area contributed by atoms with Crippen LogP contribution in [0.3, 0.4) is 0 Å². The van der Waals surface area contributed by atoms with E-state index in [-0.39, 0.29) is 5.82 Å². The van der Waals surface area contributed by atoms with Gasteiger partial charge in [-0.25, -0.2) is 4.39 Å². The van der Waals surface area contributed by atoms with Gasteiger partial charge in [0.15, 0.2) is 0 Å². The maximum absolute atomic E-state index is 13.1. The lowest BCUT2D eigenvalue weighted by Gasteiger charge is -2.18. The summed E-state index contributed by atoms with van der Waals surface area (Å²) in [7, 11) is 0. The molecule has 2 heteroatoms. The van der Waals surface area contributed by atoms with E-state index in [9.17, 15) is 4.39 Å². The molecule has 1 nitrogen and oxygen atoms in total. The van der Waals surface area contributed by atoms with Gasteiger partial charge in [-0.05, 0) is 42.6 Å². The summed E-state index contributed by atoms with van der Waals surface area (Å²) in [5.74, 6) is 0.207. The molecule has 0 aliphatic rings. The molecule has 0 aliphatic heterocycles. The molecule has 0 radical (unpaired) electrons. The first-order valence-electron chi connectivity index (χ1n) is 7.29. The number of halogens is 1. The first-order valence-corrected chi connectivity index (χ1v) is 7.29. The van der Waals surface area contributed by atoms with Crippen LogP contribution in [0.15, 0.2) is 54.6 Å². The Balaban J connectivity index is 2.09. The quantitative estimate of drug-likeness (QED) is 0.746. The molecule has 0 spiro atoms. The minimum atomic E-state index is -0.172. The van der Waals surface area contributed by atoms with E-state index in [0.29, 0.717) is 5.92 Å². The van der Waals surface area contributed by atoms with Crippen molar-refractivity contribution in [3.63, 3.8) is 0 Å². The average molecular weight is 271 g/mol. The Kier molecular flexibility index (Phi) is 5.75. The van der Waals surface area contributed by atoms with Crippen molar-refractivity contribution in [3.8, 4) is 0 Å². The molecule has 2 aromatic carbocycles. The van der Waals surface area contributed by atoms with E-state index >= 15 is 0 Å². The van der Waals surface area contributed by atoms with Crippen molar-refractivity contribution in [2.24, 2.45) is 0 Å². The molecule has 0 bridgehead atoms. The largest absolute Gasteiger partial charge is 0.316 e. The summed E-state index contributed by atoms with van der Waals surface area (Å²) in [6, 6.07) is 17.4. The predicted molar refractivity (Wildman–Crippen MR) is 82.4 cm³/mol. The first kappa shape index (κ1) is 14.7. The zero-order valence-electron chi connectivity index (χ0n) is 12.0. The summed E-state index contributed by atoms with van der Waals surface area (Å²) < 4.78 is 13.1. The molecule has 106 valence electrons. The standard InChI is InChI=1S/C18H22FN/c1-2-12-20-14-17(13-15-6-4-3-5-7-15)16-8-10-18(19)11-9-16/h3-11,17,20H,2,12-14H2,1H3. The van der Waals surface area contributed by atoms with E-state index < -0.39 is 0 Å². The first-order chi connectivity index (χ1) is 9.79. The fourth-order valence-corrected chi connectivity index (χ4v) is 2.39. The SMILES string of the molecule is CCCNCC(Cc1ccccc1)c1ccc(F)cc1. The summed E-state index contributed by atoms with van der Waals surface area (Å²) in [4.78, 5) is 0. The van der Waals surface area contributed by atoms with Crippen molar-refractivity contribution in [1.29, 1.82) is 0 Å². The Morgan fingerprint density at radius 3 is 2.35 bits per heavy atom. The fourth-order valence-electron chi connectivity index (χ4n) is 2.39. The zero-order chi connectivity index (χ0) is 14.2. The summed E-state index contributed by atoms with van der Waals surface area (Å²) in [5, 5.41) is 3.47.